The lowest BCUT2D eigenvalue weighted by Gasteiger charge is -2.49. The molecule has 5 rings (SSSR count). The molecule has 3 aliphatic rings. The molecule has 0 bridgehead atoms. The van der Waals surface area contributed by atoms with Gasteiger partial charge in [-0.15, -0.1) is 0 Å². The van der Waals surface area contributed by atoms with Gasteiger partial charge in [0.15, 0.2) is 48.0 Å². The molecule has 10 N–H and O–H groups in total. The Kier molecular flexibility index (Phi) is 14.1. The van der Waals surface area contributed by atoms with Crippen molar-refractivity contribution in [1.82, 2.24) is 0 Å². The van der Waals surface area contributed by atoms with Crippen LogP contribution in [0.4, 0.5) is 0 Å². The lowest BCUT2D eigenvalue weighted by atomic mass is 9.96. The molecule has 19 nitrogen and oxygen atoms in total. The van der Waals surface area contributed by atoms with Crippen LogP contribution in [-0.4, -0.2) is 170 Å². The molecule has 3 fully saturated rings. The molecule has 19 heteroatoms. The van der Waals surface area contributed by atoms with Gasteiger partial charge in [0, 0.05) is 6.08 Å². The summed E-state index contributed by atoms with van der Waals surface area (Å²) in [5.74, 6) is -1.74. The van der Waals surface area contributed by atoms with Crippen molar-refractivity contribution in [2.24, 2.45) is 0 Å². The van der Waals surface area contributed by atoms with Crippen molar-refractivity contribution in [1.29, 1.82) is 0 Å². The summed E-state index contributed by atoms with van der Waals surface area (Å²) in [6.45, 7) is -0.0528. The second-order valence-electron chi connectivity index (χ2n) is 13.0. The summed E-state index contributed by atoms with van der Waals surface area (Å²) in [5.41, 5.74) is 0.951. The van der Waals surface area contributed by atoms with E-state index in [-0.39, 0.29) is 36.0 Å². The van der Waals surface area contributed by atoms with Gasteiger partial charge in [-0.05, 0) is 54.8 Å². The lowest BCUT2D eigenvalue weighted by Crippen LogP contribution is -2.67. The number of carbonyl (C=O) groups excluding carboxylic acids is 1. The number of hydrogen-bond donors (Lipinski definition) is 10. The molecule has 54 heavy (non-hydrogen) atoms. The Labute approximate surface area is 308 Å². The second-order valence-corrected chi connectivity index (χ2v) is 13.0. The molecule has 2 aromatic carbocycles. The van der Waals surface area contributed by atoms with Gasteiger partial charge in [0.25, 0.3) is 0 Å². The molecule has 3 saturated heterocycles. The standard InChI is InChI=1S/C35H46O19/c1-15-25(42)27(44)29(46)34(50-15)53-31-30(52-24(41)8-5-16-4-7-19(38)22(12-16)47-2)23(13-36)51-35(48-10-9-17-3-6-18(37)20(39)11-17)32(31)54-33-28(45)26(43)21(40)14-49-33/h3-8,11-12,15,21,23,25-40,42-46H,9-10,13-14H2,1-2H3/b8-5+/t15-,21-,23+,25-,26-,27+,28+,29+,30+,31-,32+,33-,34-,35+/m0/s1. The first-order chi connectivity index (χ1) is 25.7. The van der Waals surface area contributed by atoms with Gasteiger partial charge in [-0.3, -0.25) is 0 Å². The quantitative estimate of drug-likeness (QED) is 0.0585. The summed E-state index contributed by atoms with van der Waals surface area (Å²) in [6, 6.07) is 8.37. The van der Waals surface area contributed by atoms with Crippen LogP contribution >= 0.6 is 0 Å². The zero-order valence-corrected chi connectivity index (χ0v) is 29.2. The zero-order chi connectivity index (χ0) is 39.3. The van der Waals surface area contributed by atoms with E-state index < -0.39 is 105 Å². The summed E-state index contributed by atoms with van der Waals surface area (Å²) in [6.07, 6.45) is -20.1. The second kappa shape index (κ2) is 18.3. The molecular formula is C35H46O19. The van der Waals surface area contributed by atoms with E-state index in [1.54, 1.807) is 0 Å². The number of aliphatic hydroxyl groups excluding tert-OH is 7. The Balaban J connectivity index is 1.48. The number of phenols is 3. The summed E-state index contributed by atoms with van der Waals surface area (Å²) >= 11 is 0. The number of aromatic hydroxyl groups is 3. The number of benzene rings is 2. The van der Waals surface area contributed by atoms with Crippen molar-refractivity contribution < 1.29 is 93.8 Å². The molecule has 0 aliphatic carbocycles. The summed E-state index contributed by atoms with van der Waals surface area (Å²) < 4.78 is 46.2. The SMILES string of the molecule is COc1cc(/C=C/C(=O)O[C@H]2[C@H](O[C@@H]3O[C@@H](C)[C@H](O)[C@@H](O)[C@H]3O)[C@@H](O[C@@H]3OC[C@H](O)[C@H](O)[C@H]3O)[C@H](OCCc3ccc(O)c(O)c3)O[C@@H]2CO)ccc1O. The minimum absolute atomic E-state index is 0.125. The van der Waals surface area contributed by atoms with Crippen LogP contribution in [0.3, 0.4) is 0 Å². The highest BCUT2D eigenvalue weighted by molar-refractivity contribution is 5.87. The average Bonchev–Trinajstić information content (AvgIpc) is 3.15. The summed E-state index contributed by atoms with van der Waals surface area (Å²) in [5, 5.41) is 103. The minimum Gasteiger partial charge on any atom is -0.504 e. The van der Waals surface area contributed by atoms with Gasteiger partial charge in [0.1, 0.15) is 54.9 Å². The van der Waals surface area contributed by atoms with E-state index in [1.165, 1.54) is 56.5 Å². The average molecular weight is 771 g/mol. The van der Waals surface area contributed by atoms with Crippen molar-refractivity contribution in [2.75, 3.05) is 26.9 Å². The molecular weight excluding hydrogens is 724 g/mol. The van der Waals surface area contributed by atoms with Crippen molar-refractivity contribution in [3.8, 4) is 23.0 Å². The first kappa shape index (κ1) is 41.5. The van der Waals surface area contributed by atoms with E-state index in [4.69, 9.17) is 37.9 Å². The normalized spacial score (nSPS) is 35.9. The zero-order valence-electron chi connectivity index (χ0n) is 29.2. The van der Waals surface area contributed by atoms with Gasteiger partial charge in [-0.2, -0.15) is 0 Å². The summed E-state index contributed by atoms with van der Waals surface area (Å²) in [4.78, 5) is 13.3. The van der Waals surface area contributed by atoms with Crippen LogP contribution < -0.4 is 4.74 Å². The first-order valence-corrected chi connectivity index (χ1v) is 17.0. The van der Waals surface area contributed by atoms with Crippen molar-refractivity contribution >= 4 is 12.0 Å². The molecule has 0 unspecified atom stereocenters. The Hall–Kier alpha value is -3.67. The van der Waals surface area contributed by atoms with E-state index >= 15 is 0 Å². The Morgan fingerprint density at radius 3 is 2.20 bits per heavy atom. The van der Waals surface area contributed by atoms with E-state index in [0.717, 1.165) is 6.08 Å². The van der Waals surface area contributed by atoms with Crippen LogP contribution in [0.2, 0.25) is 0 Å². The van der Waals surface area contributed by atoms with Gasteiger partial charge >= 0.3 is 5.97 Å². The number of aliphatic hydroxyl groups is 7. The number of hydrogen-bond acceptors (Lipinski definition) is 19. The van der Waals surface area contributed by atoms with Crippen LogP contribution in [0, 0.1) is 0 Å². The van der Waals surface area contributed by atoms with Crippen LogP contribution in [-0.2, 0) is 44.4 Å². The monoisotopic (exact) mass is 770 g/mol. The van der Waals surface area contributed by atoms with Crippen molar-refractivity contribution in [2.45, 2.75) is 99.4 Å². The van der Waals surface area contributed by atoms with Gasteiger partial charge in [0.2, 0.25) is 0 Å². The topological polar surface area (TPSA) is 293 Å². The minimum atomic E-state index is -1.87. The predicted octanol–water partition coefficient (Wildman–Crippen LogP) is -2.25. The fraction of sp³-hybridized carbons (Fsp3) is 0.571. The maximum Gasteiger partial charge on any atom is 0.331 e. The van der Waals surface area contributed by atoms with Gasteiger partial charge in [0.05, 0.1) is 33.0 Å². The van der Waals surface area contributed by atoms with Crippen LogP contribution in [0.15, 0.2) is 42.5 Å². The molecule has 300 valence electrons. The molecule has 0 amide bonds. The highest BCUT2D eigenvalue weighted by atomic mass is 16.8. The van der Waals surface area contributed by atoms with E-state index in [0.29, 0.717) is 11.1 Å². The maximum atomic E-state index is 13.3. The Bertz CT molecular complexity index is 1570. The number of ether oxygens (including phenoxy) is 8. The molecule has 0 saturated carbocycles. The molecule has 0 spiro atoms. The fourth-order valence-electron chi connectivity index (χ4n) is 6.09. The Morgan fingerprint density at radius 1 is 0.796 bits per heavy atom. The van der Waals surface area contributed by atoms with E-state index in [2.05, 4.69) is 0 Å². The van der Waals surface area contributed by atoms with Gasteiger partial charge in [-0.25, -0.2) is 4.79 Å². The predicted molar refractivity (Wildman–Crippen MR) is 179 cm³/mol. The first-order valence-electron chi connectivity index (χ1n) is 17.0. The summed E-state index contributed by atoms with van der Waals surface area (Å²) in [7, 11) is 1.34. The lowest BCUT2D eigenvalue weighted by molar-refractivity contribution is -0.385. The third-order valence-corrected chi connectivity index (χ3v) is 9.20. The highest BCUT2D eigenvalue weighted by Crippen LogP contribution is 2.35. The molecule has 0 radical (unpaired) electrons. The van der Waals surface area contributed by atoms with Crippen LogP contribution in [0.25, 0.3) is 6.08 Å². The number of phenolic OH excluding ortho intramolecular Hbond substituents is 3. The molecule has 2 aromatic rings. The number of esters is 1. The van der Waals surface area contributed by atoms with E-state index in [1.807, 2.05) is 0 Å². The largest absolute Gasteiger partial charge is 0.504 e. The smallest absolute Gasteiger partial charge is 0.331 e. The third-order valence-electron chi connectivity index (χ3n) is 9.20. The molecule has 3 heterocycles. The number of rotatable bonds is 13. The van der Waals surface area contributed by atoms with Crippen LogP contribution in [0.5, 0.6) is 23.0 Å². The van der Waals surface area contributed by atoms with Crippen molar-refractivity contribution in [3.63, 3.8) is 0 Å². The highest BCUT2D eigenvalue weighted by Gasteiger charge is 2.55. The maximum absolute atomic E-state index is 13.3. The van der Waals surface area contributed by atoms with Gasteiger partial charge < -0.3 is 89.0 Å². The molecule has 14 atom stereocenters. The Morgan fingerprint density at radius 2 is 1.50 bits per heavy atom. The molecule has 3 aliphatic heterocycles. The molecule has 0 aromatic heterocycles. The van der Waals surface area contributed by atoms with Crippen LogP contribution in [0.1, 0.15) is 18.1 Å². The van der Waals surface area contributed by atoms with Crippen molar-refractivity contribution in [3.05, 3.63) is 53.6 Å². The van der Waals surface area contributed by atoms with Gasteiger partial charge in [-0.1, -0.05) is 12.1 Å². The number of methoxy groups -OCH3 is 1. The number of carbonyl (C=O) groups is 1. The third kappa shape index (κ3) is 9.58. The van der Waals surface area contributed by atoms with E-state index in [9.17, 15) is 55.9 Å². The fourth-order valence-corrected chi connectivity index (χ4v) is 6.09.